The first-order valence-electron chi connectivity index (χ1n) is 7.05. The number of benzene rings is 2. The summed E-state index contributed by atoms with van der Waals surface area (Å²) < 4.78 is 0. The van der Waals surface area contributed by atoms with Crippen LogP contribution in [0.15, 0.2) is 53.6 Å². The number of fused-ring (bicyclic) bond motifs is 1. The molecule has 0 saturated heterocycles. The maximum absolute atomic E-state index is 12.1. The number of carbonyl (C=O) groups excluding carboxylic acids is 1. The van der Waals surface area contributed by atoms with Crippen LogP contribution in [0.1, 0.15) is 34.3 Å². The van der Waals surface area contributed by atoms with Gasteiger partial charge >= 0.3 is 0 Å². The average molecular weight is 279 g/mol. The van der Waals surface area contributed by atoms with E-state index in [4.69, 9.17) is 5.73 Å². The van der Waals surface area contributed by atoms with E-state index in [0.717, 1.165) is 30.5 Å². The van der Waals surface area contributed by atoms with Crippen molar-refractivity contribution in [3.63, 3.8) is 0 Å². The number of carbonyl (C=O) groups is 1. The highest BCUT2D eigenvalue weighted by Crippen LogP contribution is 2.21. The van der Waals surface area contributed by atoms with Gasteiger partial charge in [-0.1, -0.05) is 24.3 Å². The molecule has 3 N–H and O–H groups in total. The van der Waals surface area contributed by atoms with Gasteiger partial charge in [-0.15, -0.1) is 0 Å². The van der Waals surface area contributed by atoms with Crippen molar-refractivity contribution >= 4 is 17.3 Å². The van der Waals surface area contributed by atoms with Gasteiger partial charge in [0.25, 0.3) is 5.91 Å². The zero-order chi connectivity index (χ0) is 14.7. The molecule has 0 aromatic heterocycles. The first kappa shape index (κ1) is 13.4. The molecule has 2 aromatic rings. The van der Waals surface area contributed by atoms with E-state index >= 15 is 0 Å². The van der Waals surface area contributed by atoms with E-state index in [9.17, 15) is 4.79 Å². The van der Waals surface area contributed by atoms with Gasteiger partial charge in [0, 0.05) is 16.8 Å². The van der Waals surface area contributed by atoms with Gasteiger partial charge in [-0.3, -0.25) is 4.79 Å². The van der Waals surface area contributed by atoms with Crippen molar-refractivity contribution in [1.29, 1.82) is 0 Å². The highest BCUT2D eigenvalue weighted by Gasteiger charge is 2.15. The maximum atomic E-state index is 12.1. The molecule has 1 amide bonds. The Labute approximate surface area is 123 Å². The summed E-state index contributed by atoms with van der Waals surface area (Å²) in [5.41, 5.74) is 12.8. The monoisotopic (exact) mass is 279 g/mol. The van der Waals surface area contributed by atoms with Crippen LogP contribution in [-0.4, -0.2) is 11.6 Å². The van der Waals surface area contributed by atoms with Crippen LogP contribution in [0.2, 0.25) is 0 Å². The first-order chi connectivity index (χ1) is 10.2. The zero-order valence-corrected chi connectivity index (χ0v) is 11.7. The fourth-order valence-electron chi connectivity index (χ4n) is 2.53. The minimum absolute atomic E-state index is 0.217. The number of nitrogens with zero attached hydrogens (tertiary/aromatic N) is 1. The van der Waals surface area contributed by atoms with Crippen LogP contribution in [0.4, 0.5) is 5.69 Å². The predicted octanol–water partition coefficient (Wildman–Crippen LogP) is 2.74. The van der Waals surface area contributed by atoms with E-state index in [2.05, 4.69) is 22.7 Å². The summed E-state index contributed by atoms with van der Waals surface area (Å²) in [6.45, 7) is 0. The third kappa shape index (κ3) is 2.94. The van der Waals surface area contributed by atoms with Gasteiger partial charge in [-0.25, -0.2) is 5.43 Å². The van der Waals surface area contributed by atoms with Gasteiger partial charge in [-0.2, -0.15) is 5.10 Å². The molecule has 0 heterocycles. The fraction of sp³-hybridized carbons (Fsp3) is 0.176. The van der Waals surface area contributed by atoms with Gasteiger partial charge in [0.15, 0.2) is 0 Å². The Kier molecular flexibility index (Phi) is 3.69. The first-order valence-corrected chi connectivity index (χ1v) is 7.05. The number of amides is 1. The van der Waals surface area contributed by atoms with Crippen molar-refractivity contribution in [2.45, 2.75) is 19.3 Å². The molecule has 106 valence electrons. The molecule has 0 radical (unpaired) electrons. The topological polar surface area (TPSA) is 67.5 Å². The highest BCUT2D eigenvalue weighted by atomic mass is 16.2. The molecule has 0 atom stereocenters. The second-order valence-corrected chi connectivity index (χ2v) is 5.13. The quantitative estimate of drug-likeness (QED) is 0.655. The van der Waals surface area contributed by atoms with Crippen LogP contribution in [0.25, 0.3) is 0 Å². The molecular weight excluding hydrogens is 262 g/mol. The van der Waals surface area contributed by atoms with Crippen molar-refractivity contribution in [2.75, 3.05) is 5.73 Å². The van der Waals surface area contributed by atoms with Gasteiger partial charge < -0.3 is 5.73 Å². The largest absolute Gasteiger partial charge is 0.399 e. The minimum Gasteiger partial charge on any atom is -0.399 e. The second kappa shape index (κ2) is 5.79. The molecule has 21 heavy (non-hydrogen) atoms. The van der Waals surface area contributed by atoms with E-state index in [1.54, 1.807) is 24.3 Å². The Balaban J connectivity index is 1.78. The Morgan fingerprint density at radius 3 is 2.62 bits per heavy atom. The molecule has 0 aliphatic heterocycles. The molecule has 0 unspecified atom stereocenters. The smallest absolute Gasteiger partial charge is 0.271 e. The van der Waals surface area contributed by atoms with Gasteiger partial charge in [0.05, 0.1) is 5.71 Å². The third-order valence-electron chi connectivity index (χ3n) is 3.65. The summed E-state index contributed by atoms with van der Waals surface area (Å²) >= 11 is 0. The van der Waals surface area contributed by atoms with Gasteiger partial charge in [-0.05, 0) is 49.1 Å². The van der Waals surface area contributed by atoms with Crippen LogP contribution in [0.5, 0.6) is 0 Å². The minimum atomic E-state index is -0.217. The van der Waals surface area contributed by atoms with Crippen molar-refractivity contribution in [3.05, 3.63) is 65.2 Å². The molecule has 0 fully saturated rings. The van der Waals surface area contributed by atoms with Crippen LogP contribution >= 0.6 is 0 Å². The fourth-order valence-corrected chi connectivity index (χ4v) is 2.53. The summed E-state index contributed by atoms with van der Waals surface area (Å²) in [5, 5.41) is 4.31. The Morgan fingerprint density at radius 1 is 1.05 bits per heavy atom. The number of hydrogen-bond acceptors (Lipinski definition) is 3. The summed E-state index contributed by atoms with van der Waals surface area (Å²) in [5.74, 6) is -0.217. The molecule has 0 saturated carbocycles. The Morgan fingerprint density at radius 2 is 1.81 bits per heavy atom. The molecule has 0 spiro atoms. The van der Waals surface area contributed by atoms with Gasteiger partial charge in [0.2, 0.25) is 0 Å². The molecule has 4 nitrogen and oxygen atoms in total. The van der Waals surface area contributed by atoms with E-state index in [-0.39, 0.29) is 5.91 Å². The number of nitrogen functional groups attached to an aromatic ring is 1. The highest BCUT2D eigenvalue weighted by molar-refractivity contribution is 6.04. The lowest BCUT2D eigenvalue weighted by Crippen LogP contribution is -2.22. The van der Waals surface area contributed by atoms with E-state index < -0.39 is 0 Å². The summed E-state index contributed by atoms with van der Waals surface area (Å²) in [4.78, 5) is 12.1. The summed E-state index contributed by atoms with van der Waals surface area (Å²) in [6, 6.07) is 15.0. The number of nitrogens with two attached hydrogens (primary N) is 1. The summed E-state index contributed by atoms with van der Waals surface area (Å²) in [6.07, 6.45) is 3.02. The molecule has 0 bridgehead atoms. The number of hydrogen-bond donors (Lipinski definition) is 2. The Bertz CT molecular complexity index is 689. The number of hydrazone groups is 1. The lowest BCUT2D eigenvalue weighted by atomic mass is 9.90. The van der Waals surface area contributed by atoms with Crippen LogP contribution in [0.3, 0.4) is 0 Å². The molecule has 2 aromatic carbocycles. The Hall–Kier alpha value is -2.62. The van der Waals surface area contributed by atoms with Gasteiger partial charge in [0.1, 0.15) is 0 Å². The van der Waals surface area contributed by atoms with Crippen molar-refractivity contribution in [2.24, 2.45) is 5.10 Å². The van der Waals surface area contributed by atoms with Crippen molar-refractivity contribution in [1.82, 2.24) is 5.43 Å². The molecule has 3 rings (SSSR count). The maximum Gasteiger partial charge on any atom is 0.271 e. The number of aryl methyl sites for hydroxylation is 1. The van der Waals surface area contributed by atoms with E-state index in [1.807, 2.05) is 12.1 Å². The lowest BCUT2D eigenvalue weighted by molar-refractivity contribution is 0.0955. The second-order valence-electron chi connectivity index (χ2n) is 5.13. The third-order valence-corrected chi connectivity index (χ3v) is 3.65. The zero-order valence-electron chi connectivity index (χ0n) is 11.7. The van der Waals surface area contributed by atoms with E-state index in [1.165, 1.54) is 5.56 Å². The number of anilines is 1. The molecule has 1 aliphatic carbocycles. The van der Waals surface area contributed by atoms with Crippen LogP contribution in [-0.2, 0) is 6.42 Å². The molecule has 4 heteroatoms. The number of nitrogens with one attached hydrogen (secondary N) is 1. The predicted molar refractivity (Wildman–Crippen MR) is 84.2 cm³/mol. The van der Waals surface area contributed by atoms with Crippen LogP contribution in [0, 0.1) is 0 Å². The normalized spacial score (nSPS) is 15.5. The molecular formula is C17H17N3O. The standard InChI is InChI=1S/C17H17N3O/c18-14-10-8-13(9-11-14)17(21)20-19-16-7-3-5-12-4-1-2-6-15(12)16/h1-2,4,6,8-11H,3,5,7,18H2,(H,20,21)/b19-16+. The lowest BCUT2D eigenvalue weighted by Gasteiger charge is -2.17. The van der Waals surface area contributed by atoms with Crippen molar-refractivity contribution in [3.8, 4) is 0 Å². The SMILES string of the molecule is Nc1ccc(C(=O)N/N=C2\CCCc3ccccc32)cc1. The van der Waals surface area contributed by atoms with Crippen molar-refractivity contribution < 1.29 is 4.79 Å². The van der Waals surface area contributed by atoms with E-state index in [0.29, 0.717) is 11.3 Å². The van der Waals surface area contributed by atoms with Crippen LogP contribution < -0.4 is 11.2 Å². The average Bonchev–Trinajstić information content (AvgIpc) is 2.53. The molecule has 1 aliphatic rings. The summed E-state index contributed by atoms with van der Waals surface area (Å²) in [7, 11) is 0. The number of rotatable bonds is 2.